The molecule has 0 N–H and O–H groups in total. The van der Waals surface area contributed by atoms with Crippen LogP contribution in [0.15, 0.2) is 12.1 Å². The fourth-order valence-corrected chi connectivity index (χ4v) is 0.865. The minimum absolute atomic E-state index is 0. The highest BCUT2D eigenvalue weighted by atomic mass is 16.5. The molecule has 0 spiro atoms. The number of aryl methyl sites for hydroxylation is 1. The Balaban J connectivity index is 0. The van der Waals surface area contributed by atoms with Crippen molar-refractivity contribution >= 4 is 6.79 Å². The van der Waals surface area contributed by atoms with E-state index in [2.05, 4.69) is 4.98 Å². The van der Waals surface area contributed by atoms with Crippen LogP contribution in [0.3, 0.4) is 0 Å². The smallest absolute Gasteiger partial charge is 0.231 e. The van der Waals surface area contributed by atoms with Gasteiger partial charge in [0.05, 0.1) is 6.61 Å². The van der Waals surface area contributed by atoms with E-state index >= 15 is 0 Å². The lowest BCUT2D eigenvalue weighted by molar-refractivity contribution is -0.0979. The van der Waals surface area contributed by atoms with Gasteiger partial charge in [-0.1, -0.05) is 7.43 Å². The molecule has 1 aromatic rings. The van der Waals surface area contributed by atoms with Crippen molar-refractivity contribution in [2.75, 3.05) is 6.61 Å². The highest BCUT2D eigenvalue weighted by Crippen LogP contribution is 2.14. The van der Waals surface area contributed by atoms with Gasteiger partial charge in [-0.25, -0.2) is 4.98 Å². The lowest BCUT2D eigenvalue weighted by Crippen LogP contribution is -1.98. The quantitative estimate of drug-likeness (QED) is 0.746. The second-order valence-electron chi connectivity index (χ2n) is 2.35. The van der Waals surface area contributed by atoms with Crippen LogP contribution in [0.4, 0.5) is 0 Å². The van der Waals surface area contributed by atoms with Crippen LogP contribution in [0.2, 0.25) is 0 Å². The molecule has 0 aromatic carbocycles. The summed E-state index contributed by atoms with van der Waals surface area (Å²) in [6.07, 6.45) is 0. The zero-order chi connectivity index (χ0) is 11.0. The maximum atomic E-state index is 8.67. The fourth-order valence-electron chi connectivity index (χ4n) is 0.865. The number of carbonyl (C=O) groups excluding carboxylic acids is 1. The average Bonchev–Trinajstić information content (AvgIpc) is 2.22. The molecule has 0 aliphatic heterocycles. The van der Waals surface area contributed by atoms with Crippen LogP contribution in [0.25, 0.3) is 0 Å². The maximum Gasteiger partial charge on any atom is 0.231 e. The van der Waals surface area contributed by atoms with Crippen molar-refractivity contribution in [3.8, 4) is 11.9 Å². The number of rotatable bonds is 2. The molecule has 0 unspecified atom stereocenters. The number of aromatic nitrogens is 1. The summed E-state index contributed by atoms with van der Waals surface area (Å²) in [7, 11) is 0. The van der Waals surface area contributed by atoms with Crippen LogP contribution in [0.5, 0.6) is 5.88 Å². The summed E-state index contributed by atoms with van der Waals surface area (Å²) < 4.78 is 5.18. The van der Waals surface area contributed by atoms with E-state index in [-0.39, 0.29) is 7.43 Å². The molecular formula is C11H16N2O2. The molecule has 1 rings (SSSR count). The Kier molecular flexibility index (Phi) is 9.03. The lowest BCUT2D eigenvalue weighted by atomic mass is 10.2. The molecule has 0 atom stereocenters. The molecule has 4 heteroatoms. The zero-order valence-corrected chi connectivity index (χ0v) is 8.28. The Morgan fingerprint density at radius 2 is 2.13 bits per heavy atom. The minimum Gasteiger partial charge on any atom is -0.477 e. The summed E-state index contributed by atoms with van der Waals surface area (Å²) in [4.78, 5) is 12.1. The first-order valence-electron chi connectivity index (χ1n) is 4.07. The molecule has 0 saturated heterocycles. The number of hydrogen-bond acceptors (Lipinski definition) is 4. The first-order valence-corrected chi connectivity index (χ1v) is 4.07. The normalized spacial score (nSPS) is 7.53. The molecular weight excluding hydrogens is 192 g/mol. The third-order valence-corrected chi connectivity index (χ3v) is 1.40. The minimum atomic E-state index is 0. The van der Waals surface area contributed by atoms with Crippen molar-refractivity contribution in [1.82, 2.24) is 4.98 Å². The number of nitrogens with zero attached hydrogens (tertiary/aromatic N) is 2. The molecule has 82 valence electrons. The van der Waals surface area contributed by atoms with Gasteiger partial charge >= 0.3 is 0 Å². The summed E-state index contributed by atoms with van der Waals surface area (Å²) in [5, 5.41) is 8.67. The van der Waals surface area contributed by atoms with E-state index < -0.39 is 0 Å². The number of pyridine rings is 1. The van der Waals surface area contributed by atoms with E-state index in [9.17, 15) is 0 Å². The molecule has 0 fully saturated rings. The van der Waals surface area contributed by atoms with Gasteiger partial charge in [-0.2, -0.15) is 5.26 Å². The standard InChI is InChI=1S/C9H10N2O.CH2O.CH4/c1-3-12-9-8(6-10)5-4-7(2)11-9;1-2;/h4-5H,3H2,1-2H3;1H2;1H4. The van der Waals surface area contributed by atoms with Gasteiger partial charge in [0, 0.05) is 5.69 Å². The molecule has 0 saturated carbocycles. The van der Waals surface area contributed by atoms with Gasteiger partial charge in [0.2, 0.25) is 5.88 Å². The van der Waals surface area contributed by atoms with Crippen LogP contribution in [0.1, 0.15) is 25.6 Å². The third kappa shape index (κ3) is 4.77. The molecule has 0 bridgehead atoms. The van der Waals surface area contributed by atoms with Crippen molar-refractivity contribution in [3.63, 3.8) is 0 Å². The number of ether oxygens (including phenoxy) is 1. The highest BCUT2D eigenvalue weighted by molar-refractivity contribution is 5.38. The number of carbonyl (C=O) groups is 1. The highest BCUT2D eigenvalue weighted by Gasteiger charge is 2.03. The van der Waals surface area contributed by atoms with E-state index in [0.717, 1.165) is 5.69 Å². The van der Waals surface area contributed by atoms with E-state index in [0.29, 0.717) is 18.1 Å². The van der Waals surface area contributed by atoms with Gasteiger partial charge in [0.15, 0.2) is 0 Å². The van der Waals surface area contributed by atoms with Crippen molar-refractivity contribution < 1.29 is 9.53 Å². The van der Waals surface area contributed by atoms with Crippen LogP contribution in [-0.2, 0) is 4.79 Å². The molecule has 0 amide bonds. The largest absolute Gasteiger partial charge is 0.477 e. The summed E-state index contributed by atoms with van der Waals surface area (Å²) in [5.74, 6) is 0.431. The van der Waals surface area contributed by atoms with Crippen molar-refractivity contribution in [1.29, 1.82) is 5.26 Å². The Morgan fingerprint density at radius 3 is 2.60 bits per heavy atom. The number of nitriles is 1. The number of hydrogen-bond donors (Lipinski definition) is 0. The Labute approximate surface area is 90.5 Å². The topological polar surface area (TPSA) is 63.0 Å². The molecule has 1 aromatic heterocycles. The predicted octanol–water partition coefficient (Wildman–Crippen LogP) is 2.11. The Hall–Kier alpha value is -1.89. The predicted molar refractivity (Wildman–Crippen MR) is 58.7 cm³/mol. The van der Waals surface area contributed by atoms with E-state index in [1.165, 1.54) is 0 Å². The van der Waals surface area contributed by atoms with Crippen molar-refractivity contribution in [2.24, 2.45) is 0 Å². The molecule has 1 heterocycles. The van der Waals surface area contributed by atoms with E-state index in [1.807, 2.05) is 26.7 Å². The summed E-state index contributed by atoms with van der Waals surface area (Å²) in [5.41, 5.74) is 1.35. The average molecular weight is 208 g/mol. The summed E-state index contributed by atoms with van der Waals surface area (Å²) in [6, 6.07) is 5.53. The van der Waals surface area contributed by atoms with Crippen LogP contribution >= 0.6 is 0 Å². The zero-order valence-electron chi connectivity index (χ0n) is 8.28. The summed E-state index contributed by atoms with van der Waals surface area (Å²) in [6.45, 7) is 6.26. The summed E-state index contributed by atoms with van der Waals surface area (Å²) >= 11 is 0. The van der Waals surface area contributed by atoms with Gasteiger partial charge in [-0.3, -0.25) is 0 Å². The Bertz CT molecular complexity index is 332. The second kappa shape index (κ2) is 8.70. The molecule has 0 aliphatic carbocycles. The second-order valence-corrected chi connectivity index (χ2v) is 2.35. The molecule has 15 heavy (non-hydrogen) atoms. The van der Waals surface area contributed by atoms with Gasteiger partial charge < -0.3 is 9.53 Å². The third-order valence-electron chi connectivity index (χ3n) is 1.40. The van der Waals surface area contributed by atoms with Crippen LogP contribution in [-0.4, -0.2) is 18.4 Å². The van der Waals surface area contributed by atoms with E-state index in [4.69, 9.17) is 14.8 Å². The monoisotopic (exact) mass is 208 g/mol. The van der Waals surface area contributed by atoms with Gasteiger partial charge in [0.25, 0.3) is 0 Å². The van der Waals surface area contributed by atoms with E-state index in [1.54, 1.807) is 12.1 Å². The van der Waals surface area contributed by atoms with Gasteiger partial charge in [-0.15, -0.1) is 0 Å². The molecule has 4 nitrogen and oxygen atoms in total. The first-order chi connectivity index (χ1) is 6.77. The van der Waals surface area contributed by atoms with Gasteiger partial charge in [0.1, 0.15) is 18.4 Å². The Morgan fingerprint density at radius 1 is 1.53 bits per heavy atom. The van der Waals surface area contributed by atoms with Crippen molar-refractivity contribution in [2.45, 2.75) is 21.3 Å². The SMILES string of the molecule is C.C=O.CCOc1nc(C)ccc1C#N. The first kappa shape index (κ1) is 15.6. The van der Waals surface area contributed by atoms with Gasteiger partial charge in [-0.05, 0) is 26.0 Å². The lowest BCUT2D eigenvalue weighted by Gasteiger charge is -2.03. The maximum absolute atomic E-state index is 8.67. The van der Waals surface area contributed by atoms with Crippen LogP contribution < -0.4 is 4.74 Å². The molecule has 0 radical (unpaired) electrons. The van der Waals surface area contributed by atoms with Crippen LogP contribution in [0, 0.1) is 18.3 Å². The van der Waals surface area contributed by atoms with Crippen molar-refractivity contribution in [3.05, 3.63) is 23.4 Å². The molecule has 0 aliphatic rings. The fraction of sp³-hybridized carbons (Fsp3) is 0.364.